The van der Waals surface area contributed by atoms with Crippen LogP contribution in [0.15, 0.2) is 60.0 Å². The highest BCUT2D eigenvalue weighted by Crippen LogP contribution is 2.40. The molecule has 24 heavy (non-hydrogen) atoms. The van der Waals surface area contributed by atoms with Gasteiger partial charge < -0.3 is 0 Å². The molecule has 0 saturated carbocycles. The van der Waals surface area contributed by atoms with E-state index in [-0.39, 0.29) is 5.75 Å². The van der Waals surface area contributed by atoms with E-state index in [2.05, 4.69) is 39.5 Å². The van der Waals surface area contributed by atoms with Crippen LogP contribution in [0, 0.1) is 0 Å². The van der Waals surface area contributed by atoms with E-state index in [1.165, 1.54) is 17.4 Å². The number of rotatable bonds is 5. The van der Waals surface area contributed by atoms with E-state index in [1.54, 1.807) is 11.3 Å². The molecule has 0 saturated heterocycles. The van der Waals surface area contributed by atoms with Gasteiger partial charge in [0.05, 0.1) is 5.75 Å². The first kappa shape index (κ1) is 17.4. The Hall–Kier alpha value is -1.43. The van der Waals surface area contributed by atoms with Gasteiger partial charge in [-0.1, -0.05) is 64.5 Å². The summed E-state index contributed by atoms with van der Waals surface area (Å²) in [6.45, 7) is 0. The topological polar surface area (TPSA) is 34.1 Å². The average Bonchev–Trinajstić information content (AvgIpc) is 3.03. The Morgan fingerprint density at radius 1 is 0.875 bits per heavy atom. The highest BCUT2D eigenvalue weighted by molar-refractivity contribution is 9.08. The van der Waals surface area contributed by atoms with Crippen LogP contribution in [0.2, 0.25) is 0 Å². The largest absolute Gasteiger partial charge is 0.229 e. The van der Waals surface area contributed by atoms with Crippen LogP contribution in [0.1, 0.15) is 11.1 Å². The van der Waals surface area contributed by atoms with Gasteiger partial charge in [-0.2, -0.15) is 0 Å². The van der Waals surface area contributed by atoms with Gasteiger partial charge in [-0.15, -0.1) is 11.3 Å². The third-order valence-electron chi connectivity index (χ3n) is 3.80. The molecule has 0 aliphatic carbocycles. The molecule has 3 rings (SSSR count). The Kier molecular flexibility index (Phi) is 5.23. The summed E-state index contributed by atoms with van der Waals surface area (Å²) >= 11 is 5.20. The van der Waals surface area contributed by atoms with Crippen molar-refractivity contribution in [1.82, 2.24) is 0 Å². The third-order valence-corrected chi connectivity index (χ3v) is 6.18. The van der Waals surface area contributed by atoms with Crippen molar-refractivity contribution in [2.45, 2.75) is 11.1 Å². The molecule has 1 aromatic heterocycles. The van der Waals surface area contributed by atoms with Gasteiger partial charge in [0.1, 0.15) is 0 Å². The zero-order valence-corrected chi connectivity index (χ0v) is 16.4. The summed E-state index contributed by atoms with van der Waals surface area (Å²) < 4.78 is 23.6. The molecule has 124 valence electrons. The minimum Gasteiger partial charge on any atom is -0.229 e. The van der Waals surface area contributed by atoms with E-state index in [9.17, 15) is 8.42 Å². The van der Waals surface area contributed by atoms with Crippen LogP contribution in [0.4, 0.5) is 0 Å². The van der Waals surface area contributed by atoms with Crippen molar-refractivity contribution in [1.29, 1.82) is 0 Å². The first-order valence-electron chi connectivity index (χ1n) is 7.47. The SMILES string of the molecule is CS(=O)(=O)Cc1ccccc1-c1sccc1-c1ccccc1CBr. The highest BCUT2D eigenvalue weighted by atomic mass is 79.9. The molecule has 1 heterocycles. The van der Waals surface area contributed by atoms with Crippen LogP contribution >= 0.6 is 27.3 Å². The number of hydrogen-bond donors (Lipinski definition) is 0. The highest BCUT2D eigenvalue weighted by Gasteiger charge is 2.16. The monoisotopic (exact) mass is 420 g/mol. The standard InChI is InChI=1S/C19H17BrO2S2/c1-24(21,22)13-15-7-3-5-9-17(15)19-18(10-11-23-19)16-8-4-2-6-14(16)12-20/h2-11H,12-13H2,1H3. The minimum absolute atomic E-state index is 0.0562. The van der Waals surface area contributed by atoms with Crippen molar-refractivity contribution in [3.05, 3.63) is 71.1 Å². The third kappa shape index (κ3) is 3.79. The van der Waals surface area contributed by atoms with Gasteiger partial charge in [0.2, 0.25) is 0 Å². The van der Waals surface area contributed by atoms with Crippen molar-refractivity contribution < 1.29 is 8.42 Å². The van der Waals surface area contributed by atoms with Gasteiger partial charge in [0.15, 0.2) is 9.84 Å². The average molecular weight is 421 g/mol. The fourth-order valence-electron chi connectivity index (χ4n) is 2.78. The molecule has 0 bridgehead atoms. The normalized spacial score (nSPS) is 11.6. The summed E-state index contributed by atoms with van der Waals surface area (Å²) in [6, 6.07) is 18.1. The van der Waals surface area contributed by atoms with Gasteiger partial charge in [-0.25, -0.2) is 8.42 Å². The molecular weight excluding hydrogens is 404 g/mol. The number of thiophene rings is 1. The van der Waals surface area contributed by atoms with Gasteiger partial charge in [0.25, 0.3) is 0 Å². The van der Waals surface area contributed by atoms with Gasteiger partial charge in [0, 0.05) is 22.0 Å². The van der Waals surface area contributed by atoms with E-state index in [0.29, 0.717) is 0 Å². The van der Waals surface area contributed by atoms with Gasteiger partial charge >= 0.3 is 0 Å². The van der Waals surface area contributed by atoms with E-state index >= 15 is 0 Å². The lowest BCUT2D eigenvalue weighted by Crippen LogP contribution is -2.02. The van der Waals surface area contributed by atoms with Crippen molar-refractivity contribution in [3.63, 3.8) is 0 Å². The molecule has 0 radical (unpaired) electrons. The first-order chi connectivity index (χ1) is 11.5. The van der Waals surface area contributed by atoms with Crippen molar-refractivity contribution in [2.24, 2.45) is 0 Å². The van der Waals surface area contributed by atoms with Gasteiger partial charge in [-0.05, 0) is 33.7 Å². The second-order valence-corrected chi connectivity index (χ2v) is 9.30. The summed E-state index contributed by atoms with van der Waals surface area (Å²) in [6.07, 6.45) is 1.28. The van der Waals surface area contributed by atoms with E-state index in [1.807, 2.05) is 36.4 Å². The Bertz CT molecular complexity index is 959. The minimum atomic E-state index is -3.08. The summed E-state index contributed by atoms with van der Waals surface area (Å²) in [5.74, 6) is 0.0562. The second kappa shape index (κ2) is 7.21. The zero-order valence-electron chi connectivity index (χ0n) is 13.2. The Labute approximate surface area is 155 Å². The summed E-state index contributed by atoms with van der Waals surface area (Å²) in [7, 11) is -3.08. The first-order valence-corrected chi connectivity index (χ1v) is 11.5. The van der Waals surface area contributed by atoms with Crippen LogP contribution in [0.25, 0.3) is 21.6 Å². The lowest BCUT2D eigenvalue weighted by molar-refractivity contribution is 0.601. The number of alkyl halides is 1. The molecule has 2 nitrogen and oxygen atoms in total. The maximum atomic E-state index is 11.8. The molecule has 0 spiro atoms. The van der Waals surface area contributed by atoms with Gasteiger partial charge in [-0.3, -0.25) is 0 Å². The Balaban J connectivity index is 2.16. The molecule has 3 aromatic rings. The Morgan fingerprint density at radius 2 is 1.50 bits per heavy atom. The molecule has 0 aliphatic heterocycles. The van der Waals surface area contributed by atoms with E-state index in [4.69, 9.17) is 0 Å². The number of sulfone groups is 1. The molecule has 0 amide bonds. The maximum Gasteiger partial charge on any atom is 0.151 e. The zero-order chi connectivity index (χ0) is 17.2. The van der Waals surface area contributed by atoms with Crippen molar-refractivity contribution in [3.8, 4) is 21.6 Å². The van der Waals surface area contributed by atoms with E-state index < -0.39 is 9.84 Å². The molecule has 0 N–H and O–H groups in total. The molecule has 5 heteroatoms. The maximum absolute atomic E-state index is 11.8. The van der Waals surface area contributed by atoms with Crippen LogP contribution in [-0.4, -0.2) is 14.7 Å². The molecule has 0 atom stereocenters. The van der Waals surface area contributed by atoms with Crippen molar-refractivity contribution in [2.75, 3.05) is 6.26 Å². The lowest BCUT2D eigenvalue weighted by Gasteiger charge is -2.12. The lowest BCUT2D eigenvalue weighted by atomic mass is 9.97. The molecule has 0 unspecified atom stereocenters. The van der Waals surface area contributed by atoms with Crippen LogP contribution in [0.3, 0.4) is 0 Å². The van der Waals surface area contributed by atoms with E-state index in [0.717, 1.165) is 26.9 Å². The summed E-state index contributed by atoms with van der Waals surface area (Å²) in [5.41, 5.74) is 5.39. The summed E-state index contributed by atoms with van der Waals surface area (Å²) in [5, 5.41) is 2.84. The predicted octanol–water partition coefficient (Wildman–Crippen LogP) is 5.52. The molecule has 2 aromatic carbocycles. The van der Waals surface area contributed by atoms with Crippen LogP contribution in [0.5, 0.6) is 0 Å². The van der Waals surface area contributed by atoms with Crippen molar-refractivity contribution >= 4 is 37.1 Å². The predicted molar refractivity (Wildman–Crippen MR) is 106 cm³/mol. The van der Waals surface area contributed by atoms with Crippen LogP contribution < -0.4 is 0 Å². The summed E-state index contributed by atoms with van der Waals surface area (Å²) in [4.78, 5) is 1.11. The number of benzene rings is 2. The smallest absolute Gasteiger partial charge is 0.151 e. The van der Waals surface area contributed by atoms with Crippen LogP contribution in [-0.2, 0) is 20.9 Å². The molecule has 0 aliphatic rings. The molecule has 0 fully saturated rings. The fraction of sp³-hybridized carbons (Fsp3) is 0.158. The second-order valence-electron chi connectivity index (χ2n) is 5.68. The quantitative estimate of drug-likeness (QED) is 0.509. The fourth-order valence-corrected chi connectivity index (χ4v) is 5.06. The Morgan fingerprint density at radius 3 is 2.17 bits per heavy atom. The number of hydrogen-bond acceptors (Lipinski definition) is 3. The number of halogens is 1. The molecular formula is C19H17BrO2S2.